The number of nitrogens with zero attached hydrogens (tertiary/aromatic N) is 2. The van der Waals surface area contributed by atoms with Crippen molar-refractivity contribution in [2.75, 3.05) is 26.2 Å². The summed E-state index contributed by atoms with van der Waals surface area (Å²) in [6.07, 6.45) is 2.89. The van der Waals surface area contributed by atoms with Crippen molar-refractivity contribution in [3.63, 3.8) is 0 Å². The highest BCUT2D eigenvalue weighted by atomic mass is 32.2. The normalized spacial score (nSPS) is 20.1. The lowest BCUT2D eigenvalue weighted by molar-refractivity contribution is -0.145. The Bertz CT molecular complexity index is 744. The highest BCUT2D eigenvalue weighted by molar-refractivity contribution is 7.91. The van der Waals surface area contributed by atoms with Gasteiger partial charge in [0.05, 0.1) is 12.3 Å². The van der Waals surface area contributed by atoms with Crippen molar-refractivity contribution in [1.82, 2.24) is 9.21 Å². The van der Waals surface area contributed by atoms with Gasteiger partial charge in [-0.2, -0.15) is 4.31 Å². The van der Waals surface area contributed by atoms with Gasteiger partial charge in [-0.1, -0.05) is 0 Å². The Kier molecular flexibility index (Phi) is 5.45. The summed E-state index contributed by atoms with van der Waals surface area (Å²) >= 11 is 1.15. The summed E-state index contributed by atoms with van der Waals surface area (Å²) in [6, 6.07) is 3.28. The smallest absolute Gasteiger partial charge is 0.306 e. The third-order valence-corrected chi connectivity index (χ3v) is 8.27. The summed E-state index contributed by atoms with van der Waals surface area (Å²) in [5.74, 6) is -1.25. The number of carbonyl (C=O) groups excluding carboxylic acids is 1. The van der Waals surface area contributed by atoms with Crippen LogP contribution in [-0.2, 0) is 26.0 Å². The maximum absolute atomic E-state index is 12.5. The number of likely N-dealkylation sites (tertiary alicyclic amines) is 1. The third-order valence-electron chi connectivity index (χ3n) is 4.82. The molecule has 1 N–H and O–H groups in total. The van der Waals surface area contributed by atoms with E-state index in [0.717, 1.165) is 29.1 Å². The molecule has 1 aromatic rings. The average molecular weight is 386 g/mol. The molecule has 1 aromatic heterocycles. The van der Waals surface area contributed by atoms with Gasteiger partial charge >= 0.3 is 5.97 Å². The second-order valence-corrected chi connectivity index (χ2v) is 9.84. The van der Waals surface area contributed by atoms with Crippen LogP contribution in [0.4, 0.5) is 0 Å². The third kappa shape index (κ3) is 4.04. The minimum atomic E-state index is -3.43. The van der Waals surface area contributed by atoms with Gasteiger partial charge in [0.2, 0.25) is 5.91 Å². The quantitative estimate of drug-likeness (QED) is 0.825. The molecule has 0 bridgehead atoms. The molecule has 3 heterocycles. The number of thiophene rings is 1. The van der Waals surface area contributed by atoms with Crippen LogP contribution in [0.15, 0.2) is 16.3 Å². The van der Waals surface area contributed by atoms with Crippen LogP contribution in [0.2, 0.25) is 0 Å². The lowest BCUT2D eigenvalue weighted by Gasteiger charge is -2.30. The second kappa shape index (κ2) is 7.43. The number of carbonyl (C=O) groups is 2. The molecule has 0 spiro atoms. The molecule has 2 saturated heterocycles. The molecule has 0 aromatic carbocycles. The van der Waals surface area contributed by atoms with Crippen molar-refractivity contribution < 1.29 is 23.1 Å². The van der Waals surface area contributed by atoms with Crippen molar-refractivity contribution in [2.24, 2.45) is 5.92 Å². The fourth-order valence-electron chi connectivity index (χ4n) is 3.28. The summed E-state index contributed by atoms with van der Waals surface area (Å²) in [4.78, 5) is 25.7. The summed E-state index contributed by atoms with van der Waals surface area (Å²) in [5.41, 5.74) is 0. The number of aliphatic carboxylic acids is 1. The van der Waals surface area contributed by atoms with Gasteiger partial charge in [0.25, 0.3) is 10.0 Å². The van der Waals surface area contributed by atoms with E-state index in [1.807, 2.05) is 0 Å². The average Bonchev–Trinajstić information content (AvgIpc) is 3.27. The van der Waals surface area contributed by atoms with Crippen molar-refractivity contribution in [3.05, 3.63) is 17.0 Å². The van der Waals surface area contributed by atoms with E-state index in [2.05, 4.69) is 0 Å². The molecular weight excluding hydrogens is 364 g/mol. The molecule has 2 aliphatic heterocycles. The number of carboxylic acids is 1. The SMILES string of the molecule is O=C(O)C1CCN(C(=O)Cc2ccc(S(=O)(=O)N3CCCC3)s2)CC1. The van der Waals surface area contributed by atoms with E-state index in [0.29, 0.717) is 43.2 Å². The van der Waals surface area contributed by atoms with E-state index in [9.17, 15) is 18.0 Å². The Hall–Kier alpha value is -1.45. The molecule has 0 radical (unpaired) electrons. The predicted octanol–water partition coefficient (Wildman–Crippen LogP) is 1.40. The van der Waals surface area contributed by atoms with Crippen LogP contribution < -0.4 is 0 Å². The largest absolute Gasteiger partial charge is 0.481 e. The van der Waals surface area contributed by atoms with Gasteiger partial charge in [0.1, 0.15) is 4.21 Å². The first-order valence-electron chi connectivity index (χ1n) is 8.47. The maximum Gasteiger partial charge on any atom is 0.306 e. The number of piperidine rings is 1. The Balaban J connectivity index is 1.60. The molecule has 3 rings (SSSR count). The number of rotatable bonds is 5. The van der Waals surface area contributed by atoms with Gasteiger partial charge < -0.3 is 10.0 Å². The van der Waals surface area contributed by atoms with Gasteiger partial charge in [0, 0.05) is 31.1 Å². The first kappa shape index (κ1) is 18.3. The number of hydrogen-bond donors (Lipinski definition) is 1. The monoisotopic (exact) mass is 386 g/mol. The zero-order valence-corrected chi connectivity index (χ0v) is 15.5. The summed E-state index contributed by atoms with van der Waals surface area (Å²) < 4.78 is 26.8. The van der Waals surface area contributed by atoms with Crippen LogP contribution in [0.3, 0.4) is 0 Å². The lowest BCUT2D eigenvalue weighted by Crippen LogP contribution is -2.40. The first-order valence-corrected chi connectivity index (χ1v) is 10.7. The standard InChI is InChI=1S/C16H22N2O5S2/c19-14(17-9-5-12(6-10-17)16(20)21)11-13-3-4-15(24-13)25(22,23)18-7-1-2-8-18/h3-4,12H,1-2,5-11H2,(H,20,21). The van der Waals surface area contributed by atoms with Gasteiger partial charge in [-0.05, 0) is 37.8 Å². The van der Waals surface area contributed by atoms with E-state index in [1.54, 1.807) is 17.0 Å². The van der Waals surface area contributed by atoms with Gasteiger partial charge in [-0.15, -0.1) is 11.3 Å². The minimum absolute atomic E-state index is 0.0733. The van der Waals surface area contributed by atoms with Crippen LogP contribution in [-0.4, -0.2) is 60.8 Å². The van der Waals surface area contributed by atoms with Gasteiger partial charge in [-0.25, -0.2) is 8.42 Å². The van der Waals surface area contributed by atoms with Crippen molar-refractivity contribution in [1.29, 1.82) is 0 Å². The molecule has 0 aliphatic carbocycles. The Labute approximate surface area is 151 Å². The van der Waals surface area contributed by atoms with E-state index < -0.39 is 16.0 Å². The molecular formula is C16H22N2O5S2. The summed E-state index contributed by atoms with van der Waals surface area (Å²) in [7, 11) is -3.43. The fourth-order valence-corrected chi connectivity index (χ4v) is 6.30. The number of amides is 1. The molecule has 0 unspecified atom stereocenters. The van der Waals surface area contributed by atoms with Crippen LogP contribution >= 0.6 is 11.3 Å². The number of sulfonamides is 1. The van der Waals surface area contributed by atoms with Gasteiger partial charge in [-0.3, -0.25) is 9.59 Å². The van der Waals surface area contributed by atoms with E-state index >= 15 is 0 Å². The zero-order valence-electron chi connectivity index (χ0n) is 13.9. The molecule has 9 heteroatoms. The van der Waals surface area contributed by atoms with Crippen molar-refractivity contribution >= 4 is 33.2 Å². The first-order chi connectivity index (χ1) is 11.9. The lowest BCUT2D eigenvalue weighted by atomic mass is 9.97. The maximum atomic E-state index is 12.5. The Morgan fingerprint density at radius 2 is 1.76 bits per heavy atom. The zero-order chi connectivity index (χ0) is 18.0. The fraction of sp³-hybridized carbons (Fsp3) is 0.625. The molecule has 0 atom stereocenters. The Morgan fingerprint density at radius 1 is 1.12 bits per heavy atom. The van der Waals surface area contributed by atoms with Gasteiger partial charge in [0.15, 0.2) is 0 Å². The summed E-state index contributed by atoms with van der Waals surface area (Å²) in [5, 5.41) is 9.00. The molecule has 1 amide bonds. The highest BCUT2D eigenvalue weighted by Crippen LogP contribution is 2.28. The van der Waals surface area contributed by atoms with E-state index in [-0.39, 0.29) is 18.2 Å². The number of carboxylic acid groups (broad SMARTS) is 1. The van der Waals surface area contributed by atoms with Crippen LogP contribution in [0.1, 0.15) is 30.6 Å². The highest BCUT2D eigenvalue weighted by Gasteiger charge is 2.30. The number of hydrogen-bond acceptors (Lipinski definition) is 5. The molecule has 7 nitrogen and oxygen atoms in total. The molecule has 0 saturated carbocycles. The molecule has 25 heavy (non-hydrogen) atoms. The topological polar surface area (TPSA) is 95.0 Å². The minimum Gasteiger partial charge on any atom is -0.481 e. The van der Waals surface area contributed by atoms with Crippen molar-refractivity contribution in [2.45, 2.75) is 36.3 Å². The van der Waals surface area contributed by atoms with E-state index in [1.165, 1.54) is 4.31 Å². The molecule has 138 valence electrons. The molecule has 2 fully saturated rings. The Morgan fingerprint density at radius 3 is 2.36 bits per heavy atom. The van der Waals surface area contributed by atoms with Crippen molar-refractivity contribution in [3.8, 4) is 0 Å². The second-order valence-electron chi connectivity index (χ2n) is 6.50. The predicted molar refractivity (Wildman–Crippen MR) is 93.0 cm³/mol. The molecule has 2 aliphatic rings. The van der Waals surface area contributed by atoms with Crippen LogP contribution in [0.5, 0.6) is 0 Å². The van der Waals surface area contributed by atoms with Crippen LogP contribution in [0.25, 0.3) is 0 Å². The summed E-state index contributed by atoms with van der Waals surface area (Å²) in [6.45, 7) is 2.01. The van der Waals surface area contributed by atoms with E-state index in [4.69, 9.17) is 5.11 Å². The van der Waals surface area contributed by atoms with Crippen LogP contribution in [0, 0.1) is 5.92 Å².